The lowest BCUT2D eigenvalue weighted by Crippen LogP contribution is -1.97. The van der Waals surface area contributed by atoms with E-state index >= 15 is 0 Å². The Kier molecular flexibility index (Phi) is 4.02. The highest BCUT2D eigenvalue weighted by atomic mass is 79.9. The lowest BCUT2D eigenvalue weighted by molar-refractivity contribution is 0.305. The predicted molar refractivity (Wildman–Crippen MR) is 72.5 cm³/mol. The van der Waals surface area contributed by atoms with E-state index < -0.39 is 0 Å². The van der Waals surface area contributed by atoms with Crippen LogP contribution in [-0.2, 0) is 6.61 Å². The average Bonchev–Trinajstić information content (AvgIpc) is 2.32. The summed E-state index contributed by atoms with van der Waals surface area (Å²) in [7, 11) is 0. The van der Waals surface area contributed by atoms with E-state index in [9.17, 15) is 0 Å². The zero-order chi connectivity index (χ0) is 12.3. The topological polar surface area (TPSA) is 22.1 Å². The number of ether oxygens (including phenoxy) is 1. The van der Waals surface area contributed by atoms with E-state index in [0.29, 0.717) is 11.8 Å². The third-order valence-electron chi connectivity index (χ3n) is 2.36. The standard InChI is InChI=1S/C13H11BrClNO/c1-9-7-11(4-5-12(9)14)17-8-10-3-2-6-16-13(10)15/h2-7H,8H2,1H3. The van der Waals surface area contributed by atoms with Crippen LogP contribution in [0, 0.1) is 6.92 Å². The van der Waals surface area contributed by atoms with Crippen molar-refractivity contribution in [2.45, 2.75) is 13.5 Å². The van der Waals surface area contributed by atoms with Crippen molar-refractivity contribution in [3.8, 4) is 5.75 Å². The maximum atomic E-state index is 5.95. The Labute approximate surface area is 114 Å². The Hall–Kier alpha value is -1.06. The Morgan fingerprint density at radius 3 is 2.88 bits per heavy atom. The molecule has 0 aliphatic heterocycles. The fourth-order valence-corrected chi connectivity index (χ4v) is 1.82. The number of hydrogen-bond acceptors (Lipinski definition) is 2. The van der Waals surface area contributed by atoms with E-state index in [0.717, 1.165) is 21.3 Å². The smallest absolute Gasteiger partial charge is 0.135 e. The molecule has 0 radical (unpaired) electrons. The summed E-state index contributed by atoms with van der Waals surface area (Å²) in [6.07, 6.45) is 1.66. The highest BCUT2D eigenvalue weighted by Crippen LogP contribution is 2.23. The number of halogens is 2. The van der Waals surface area contributed by atoms with Gasteiger partial charge in [-0.05, 0) is 36.8 Å². The van der Waals surface area contributed by atoms with Gasteiger partial charge in [0.1, 0.15) is 17.5 Å². The first-order chi connectivity index (χ1) is 8.16. The third-order valence-corrected chi connectivity index (χ3v) is 3.59. The second-order valence-electron chi connectivity index (χ2n) is 3.65. The molecule has 17 heavy (non-hydrogen) atoms. The van der Waals surface area contributed by atoms with Crippen LogP contribution in [0.5, 0.6) is 5.75 Å². The SMILES string of the molecule is Cc1cc(OCc2cccnc2Cl)ccc1Br. The van der Waals surface area contributed by atoms with Crippen molar-refractivity contribution >= 4 is 27.5 Å². The number of aromatic nitrogens is 1. The molecule has 0 saturated carbocycles. The van der Waals surface area contributed by atoms with E-state index in [1.54, 1.807) is 6.20 Å². The summed E-state index contributed by atoms with van der Waals surface area (Å²) in [5.74, 6) is 0.825. The molecule has 0 saturated heterocycles. The average molecular weight is 313 g/mol. The van der Waals surface area contributed by atoms with Crippen molar-refractivity contribution in [3.05, 3.63) is 57.3 Å². The van der Waals surface area contributed by atoms with E-state index in [1.165, 1.54) is 0 Å². The van der Waals surface area contributed by atoms with Gasteiger partial charge < -0.3 is 4.74 Å². The zero-order valence-electron chi connectivity index (χ0n) is 9.28. The minimum atomic E-state index is 0.424. The molecule has 0 aliphatic carbocycles. The van der Waals surface area contributed by atoms with E-state index in [-0.39, 0.29) is 0 Å². The first kappa shape index (κ1) is 12.4. The second-order valence-corrected chi connectivity index (χ2v) is 4.87. The molecule has 88 valence electrons. The van der Waals surface area contributed by atoms with Crippen molar-refractivity contribution in [3.63, 3.8) is 0 Å². The monoisotopic (exact) mass is 311 g/mol. The molecule has 2 aromatic rings. The van der Waals surface area contributed by atoms with Gasteiger partial charge >= 0.3 is 0 Å². The number of aryl methyl sites for hydroxylation is 1. The van der Waals surface area contributed by atoms with Gasteiger partial charge in [-0.15, -0.1) is 0 Å². The van der Waals surface area contributed by atoms with Crippen LogP contribution in [0.4, 0.5) is 0 Å². The van der Waals surface area contributed by atoms with Crippen LogP contribution < -0.4 is 4.74 Å². The quantitative estimate of drug-likeness (QED) is 0.784. The summed E-state index contributed by atoms with van der Waals surface area (Å²) in [5.41, 5.74) is 2.02. The summed E-state index contributed by atoms with van der Waals surface area (Å²) < 4.78 is 6.74. The summed E-state index contributed by atoms with van der Waals surface area (Å²) in [6, 6.07) is 9.61. The van der Waals surface area contributed by atoms with Crippen molar-refractivity contribution in [1.29, 1.82) is 0 Å². The van der Waals surface area contributed by atoms with Crippen LogP contribution in [0.15, 0.2) is 41.0 Å². The molecular formula is C13H11BrClNO. The Balaban J connectivity index is 2.08. The second kappa shape index (κ2) is 5.52. The lowest BCUT2D eigenvalue weighted by atomic mass is 10.2. The third kappa shape index (κ3) is 3.20. The molecule has 2 rings (SSSR count). The molecule has 0 spiro atoms. The summed E-state index contributed by atoms with van der Waals surface area (Å²) in [5, 5.41) is 0.487. The number of pyridine rings is 1. The summed E-state index contributed by atoms with van der Waals surface area (Å²) in [6.45, 7) is 2.45. The predicted octanol–water partition coefficient (Wildman–Crippen LogP) is 4.38. The number of rotatable bonds is 3. The molecule has 0 aliphatic rings. The first-order valence-corrected chi connectivity index (χ1v) is 6.32. The first-order valence-electron chi connectivity index (χ1n) is 5.15. The highest BCUT2D eigenvalue weighted by Gasteiger charge is 2.02. The van der Waals surface area contributed by atoms with Crippen molar-refractivity contribution in [2.24, 2.45) is 0 Å². The molecule has 1 aromatic carbocycles. The van der Waals surface area contributed by atoms with Crippen molar-refractivity contribution in [1.82, 2.24) is 4.98 Å². The van der Waals surface area contributed by atoms with Gasteiger partial charge in [0.25, 0.3) is 0 Å². The van der Waals surface area contributed by atoms with Crippen LogP contribution in [0.1, 0.15) is 11.1 Å². The normalized spacial score (nSPS) is 10.3. The molecule has 2 nitrogen and oxygen atoms in total. The van der Waals surface area contributed by atoms with Gasteiger partial charge in [0.15, 0.2) is 0 Å². The minimum absolute atomic E-state index is 0.424. The Bertz CT molecular complexity index is 531. The largest absolute Gasteiger partial charge is 0.489 e. The van der Waals surface area contributed by atoms with Gasteiger partial charge in [-0.1, -0.05) is 33.6 Å². The van der Waals surface area contributed by atoms with Crippen molar-refractivity contribution in [2.75, 3.05) is 0 Å². The van der Waals surface area contributed by atoms with Gasteiger partial charge in [-0.2, -0.15) is 0 Å². The van der Waals surface area contributed by atoms with E-state index in [1.807, 2.05) is 37.3 Å². The minimum Gasteiger partial charge on any atom is -0.489 e. The maximum absolute atomic E-state index is 5.95. The van der Waals surface area contributed by atoms with Crippen LogP contribution >= 0.6 is 27.5 Å². The molecular weight excluding hydrogens is 302 g/mol. The lowest BCUT2D eigenvalue weighted by Gasteiger charge is -2.08. The molecule has 0 fully saturated rings. The highest BCUT2D eigenvalue weighted by molar-refractivity contribution is 9.10. The number of nitrogens with zero attached hydrogens (tertiary/aromatic N) is 1. The van der Waals surface area contributed by atoms with Crippen LogP contribution in [0.25, 0.3) is 0 Å². The fourth-order valence-electron chi connectivity index (χ4n) is 1.40. The molecule has 0 amide bonds. The van der Waals surface area contributed by atoms with Gasteiger partial charge in [-0.3, -0.25) is 0 Å². The van der Waals surface area contributed by atoms with Gasteiger partial charge in [-0.25, -0.2) is 4.98 Å². The molecule has 0 atom stereocenters. The molecule has 0 bridgehead atoms. The summed E-state index contributed by atoms with van der Waals surface area (Å²) in [4.78, 5) is 4.00. The number of hydrogen-bond donors (Lipinski definition) is 0. The van der Waals surface area contributed by atoms with E-state index in [2.05, 4.69) is 20.9 Å². The van der Waals surface area contributed by atoms with Crippen LogP contribution in [0.2, 0.25) is 5.15 Å². The van der Waals surface area contributed by atoms with E-state index in [4.69, 9.17) is 16.3 Å². The number of benzene rings is 1. The molecule has 1 heterocycles. The van der Waals surface area contributed by atoms with Gasteiger partial charge in [0.2, 0.25) is 0 Å². The van der Waals surface area contributed by atoms with Gasteiger partial charge in [0.05, 0.1) is 0 Å². The van der Waals surface area contributed by atoms with Crippen LogP contribution in [-0.4, -0.2) is 4.98 Å². The molecule has 4 heteroatoms. The Morgan fingerprint density at radius 2 is 2.18 bits per heavy atom. The molecule has 0 unspecified atom stereocenters. The maximum Gasteiger partial charge on any atom is 0.135 e. The van der Waals surface area contributed by atoms with Gasteiger partial charge in [0, 0.05) is 16.2 Å². The summed E-state index contributed by atoms with van der Waals surface area (Å²) >= 11 is 9.40. The fraction of sp³-hybridized carbons (Fsp3) is 0.154. The Morgan fingerprint density at radius 1 is 1.35 bits per heavy atom. The van der Waals surface area contributed by atoms with Crippen LogP contribution in [0.3, 0.4) is 0 Å². The van der Waals surface area contributed by atoms with Crippen molar-refractivity contribution < 1.29 is 4.74 Å². The molecule has 0 N–H and O–H groups in total. The molecule has 1 aromatic heterocycles. The zero-order valence-corrected chi connectivity index (χ0v) is 11.6.